The minimum absolute atomic E-state index is 0.0137. The monoisotopic (exact) mass is 416 g/mol. The van der Waals surface area contributed by atoms with Crippen LogP contribution in [0.2, 0.25) is 5.02 Å². The summed E-state index contributed by atoms with van der Waals surface area (Å²) in [5.74, 6) is -1.12. The van der Waals surface area contributed by atoms with Crippen molar-refractivity contribution in [2.45, 2.75) is 0 Å². The van der Waals surface area contributed by atoms with Crippen LogP contribution in [0.25, 0.3) is 0 Å². The van der Waals surface area contributed by atoms with Gasteiger partial charge in [-0.05, 0) is 59.0 Å². The Morgan fingerprint density at radius 2 is 1.71 bits per heavy atom. The van der Waals surface area contributed by atoms with E-state index in [1.165, 1.54) is 18.2 Å². The average molecular weight is 417 g/mol. The summed E-state index contributed by atoms with van der Waals surface area (Å²) < 4.78 is 0.999. The summed E-state index contributed by atoms with van der Waals surface area (Å²) in [5, 5.41) is 14.2. The third kappa shape index (κ3) is 4.33. The molecule has 0 bridgehead atoms. The molecule has 0 spiro atoms. The molecule has 0 heterocycles. The lowest BCUT2D eigenvalue weighted by Crippen LogP contribution is -2.19. The molecule has 7 heteroatoms. The van der Waals surface area contributed by atoms with E-state index in [4.69, 9.17) is 16.7 Å². The zero-order chi connectivity index (χ0) is 15.4. The van der Waals surface area contributed by atoms with Crippen molar-refractivity contribution in [3.05, 3.63) is 56.6 Å². The predicted octanol–water partition coefficient (Wildman–Crippen LogP) is 4.29. The van der Waals surface area contributed by atoms with Gasteiger partial charge in [-0.3, -0.25) is 0 Å². The number of nitrogens with one attached hydrogen (secondary N) is 2. The highest BCUT2D eigenvalue weighted by Gasteiger charge is 2.10. The van der Waals surface area contributed by atoms with E-state index in [9.17, 15) is 9.59 Å². The standard InChI is InChI=1S/C14H10ClIN2O3/c15-12-7-10(4-5-11(12)13(19)20)18-14(21)17-9-3-1-2-8(16)6-9/h1-7H,(H,19,20)(H2,17,18,21). The van der Waals surface area contributed by atoms with Crippen LogP contribution < -0.4 is 10.6 Å². The number of amides is 2. The van der Waals surface area contributed by atoms with Gasteiger partial charge in [0.05, 0.1) is 10.6 Å². The number of rotatable bonds is 3. The highest BCUT2D eigenvalue weighted by atomic mass is 127. The van der Waals surface area contributed by atoms with Gasteiger partial charge in [0.25, 0.3) is 0 Å². The van der Waals surface area contributed by atoms with Crippen molar-refractivity contribution in [2.24, 2.45) is 0 Å². The largest absolute Gasteiger partial charge is 0.478 e. The van der Waals surface area contributed by atoms with E-state index < -0.39 is 12.0 Å². The fourth-order valence-electron chi connectivity index (χ4n) is 1.63. The molecular formula is C14H10ClIN2O3. The van der Waals surface area contributed by atoms with Gasteiger partial charge in [0.2, 0.25) is 0 Å². The van der Waals surface area contributed by atoms with Crippen molar-refractivity contribution in [1.82, 2.24) is 0 Å². The van der Waals surface area contributed by atoms with E-state index in [-0.39, 0.29) is 10.6 Å². The molecule has 2 amide bonds. The molecule has 0 saturated heterocycles. The summed E-state index contributed by atoms with van der Waals surface area (Å²) in [6, 6.07) is 11.1. The second-order valence-corrected chi connectivity index (χ2v) is 5.74. The smallest absolute Gasteiger partial charge is 0.337 e. The van der Waals surface area contributed by atoms with Gasteiger partial charge in [0.1, 0.15) is 0 Å². The molecule has 0 unspecified atom stereocenters. The Labute approximate surface area is 139 Å². The molecule has 0 aliphatic carbocycles. The number of aromatic carboxylic acids is 1. The summed E-state index contributed by atoms with van der Waals surface area (Å²) in [7, 11) is 0. The Kier molecular flexibility index (Phi) is 5.03. The molecule has 108 valence electrons. The van der Waals surface area contributed by atoms with Crippen LogP contribution in [0.5, 0.6) is 0 Å². The lowest BCUT2D eigenvalue weighted by atomic mass is 10.2. The summed E-state index contributed by atoms with van der Waals surface area (Å²) in [6.07, 6.45) is 0. The third-order valence-electron chi connectivity index (χ3n) is 2.54. The number of benzene rings is 2. The molecule has 0 radical (unpaired) electrons. The number of anilines is 2. The summed E-state index contributed by atoms with van der Waals surface area (Å²) in [6.45, 7) is 0. The van der Waals surface area contributed by atoms with Crippen LogP contribution in [-0.4, -0.2) is 17.1 Å². The highest BCUT2D eigenvalue weighted by molar-refractivity contribution is 14.1. The SMILES string of the molecule is O=C(Nc1cccc(I)c1)Nc1ccc(C(=O)O)c(Cl)c1. The van der Waals surface area contributed by atoms with Crippen LogP contribution in [0.1, 0.15) is 10.4 Å². The van der Waals surface area contributed by atoms with Crippen LogP contribution in [-0.2, 0) is 0 Å². The summed E-state index contributed by atoms with van der Waals surface area (Å²) >= 11 is 7.98. The number of hydrogen-bond acceptors (Lipinski definition) is 2. The molecule has 2 aromatic carbocycles. The molecule has 0 aliphatic heterocycles. The number of carboxylic acids is 1. The number of carbonyl (C=O) groups excluding carboxylic acids is 1. The number of urea groups is 1. The van der Waals surface area contributed by atoms with E-state index >= 15 is 0 Å². The van der Waals surface area contributed by atoms with Gasteiger partial charge in [-0.15, -0.1) is 0 Å². The first kappa shape index (κ1) is 15.6. The Balaban J connectivity index is 2.06. The number of carbonyl (C=O) groups is 2. The Bertz CT molecular complexity index is 706. The lowest BCUT2D eigenvalue weighted by Gasteiger charge is -2.09. The van der Waals surface area contributed by atoms with E-state index in [1.54, 1.807) is 6.07 Å². The van der Waals surface area contributed by atoms with Crippen molar-refractivity contribution >= 4 is 57.6 Å². The van der Waals surface area contributed by atoms with E-state index in [1.807, 2.05) is 18.2 Å². The zero-order valence-electron chi connectivity index (χ0n) is 10.6. The summed E-state index contributed by atoms with van der Waals surface area (Å²) in [5.41, 5.74) is 1.06. The van der Waals surface area contributed by atoms with Crippen LogP contribution in [0.4, 0.5) is 16.2 Å². The normalized spacial score (nSPS) is 10.0. The highest BCUT2D eigenvalue weighted by Crippen LogP contribution is 2.21. The molecule has 21 heavy (non-hydrogen) atoms. The average Bonchev–Trinajstić information content (AvgIpc) is 2.38. The molecule has 5 nitrogen and oxygen atoms in total. The number of hydrogen-bond donors (Lipinski definition) is 3. The third-order valence-corrected chi connectivity index (χ3v) is 3.52. The van der Waals surface area contributed by atoms with Crippen LogP contribution >= 0.6 is 34.2 Å². The Hall–Kier alpha value is -1.80. The maximum absolute atomic E-state index is 11.8. The van der Waals surface area contributed by atoms with Gasteiger partial charge in [-0.1, -0.05) is 17.7 Å². The first-order valence-electron chi connectivity index (χ1n) is 5.82. The maximum Gasteiger partial charge on any atom is 0.337 e. The lowest BCUT2D eigenvalue weighted by molar-refractivity contribution is 0.0697. The minimum atomic E-state index is -1.12. The molecule has 0 saturated carbocycles. The predicted molar refractivity (Wildman–Crippen MR) is 90.2 cm³/mol. The second kappa shape index (κ2) is 6.77. The van der Waals surface area contributed by atoms with E-state index in [0.29, 0.717) is 11.4 Å². The molecule has 0 fully saturated rings. The van der Waals surface area contributed by atoms with Crippen molar-refractivity contribution in [1.29, 1.82) is 0 Å². The van der Waals surface area contributed by atoms with Gasteiger partial charge in [-0.2, -0.15) is 0 Å². The van der Waals surface area contributed by atoms with Crippen molar-refractivity contribution < 1.29 is 14.7 Å². The number of carboxylic acid groups (broad SMARTS) is 1. The zero-order valence-corrected chi connectivity index (χ0v) is 13.5. The Morgan fingerprint density at radius 3 is 2.29 bits per heavy atom. The van der Waals surface area contributed by atoms with Gasteiger partial charge in [0, 0.05) is 14.9 Å². The van der Waals surface area contributed by atoms with Crippen LogP contribution in [0.3, 0.4) is 0 Å². The number of halogens is 2. The van der Waals surface area contributed by atoms with Crippen molar-refractivity contribution in [3.8, 4) is 0 Å². The van der Waals surface area contributed by atoms with Crippen LogP contribution in [0.15, 0.2) is 42.5 Å². The maximum atomic E-state index is 11.8. The first-order valence-corrected chi connectivity index (χ1v) is 7.28. The Morgan fingerprint density at radius 1 is 1.05 bits per heavy atom. The minimum Gasteiger partial charge on any atom is -0.478 e. The van der Waals surface area contributed by atoms with Crippen LogP contribution in [0, 0.1) is 3.57 Å². The summed E-state index contributed by atoms with van der Waals surface area (Å²) in [4.78, 5) is 22.7. The fraction of sp³-hybridized carbons (Fsp3) is 0. The topological polar surface area (TPSA) is 78.4 Å². The molecular weight excluding hydrogens is 407 g/mol. The fourth-order valence-corrected chi connectivity index (χ4v) is 2.43. The van der Waals surface area contributed by atoms with Gasteiger partial charge in [0.15, 0.2) is 0 Å². The molecule has 0 atom stereocenters. The molecule has 2 aromatic rings. The van der Waals surface area contributed by atoms with Gasteiger partial charge >= 0.3 is 12.0 Å². The van der Waals surface area contributed by atoms with Gasteiger partial charge < -0.3 is 15.7 Å². The molecule has 0 aliphatic rings. The second-order valence-electron chi connectivity index (χ2n) is 4.09. The van der Waals surface area contributed by atoms with Crippen molar-refractivity contribution in [2.75, 3.05) is 10.6 Å². The van der Waals surface area contributed by atoms with E-state index in [0.717, 1.165) is 3.57 Å². The quantitative estimate of drug-likeness (QED) is 0.653. The molecule has 3 N–H and O–H groups in total. The molecule has 0 aromatic heterocycles. The molecule has 2 rings (SSSR count). The first-order chi connectivity index (χ1) is 9.95. The van der Waals surface area contributed by atoms with Gasteiger partial charge in [-0.25, -0.2) is 9.59 Å². The van der Waals surface area contributed by atoms with Crippen molar-refractivity contribution in [3.63, 3.8) is 0 Å². The van der Waals surface area contributed by atoms with E-state index in [2.05, 4.69) is 33.2 Å².